The summed E-state index contributed by atoms with van der Waals surface area (Å²) in [5.74, 6) is 1.57. The molecule has 0 bridgehead atoms. The predicted molar refractivity (Wildman–Crippen MR) is 93.6 cm³/mol. The van der Waals surface area contributed by atoms with E-state index in [-0.39, 0.29) is 10.6 Å². The number of hydrogen-bond acceptors (Lipinski definition) is 7. The number of ether oxygens (including phenoxy) is 1. The monoisotopic (exact) mass is 337 g/mol. The molecule has 0 aliphatic carbocycles. The van der Waals surface area contributed by atoms with Gasteiger partial charge < -0.3 is 14.5 Å². The van der Waals surface area contributed by atoms with E-state index in [2.05, 4.69) is 37.7 Å². The van der Waals surface area contributed by atoms with E-state index in [0.717, 1.165) is 13.1 Å². The van der Waals surface area contributed by atoms with Crippen molar-refractivity contribution in [2.75, 3.05) is 49.2 Å². The van der Waals surface area contributed by atoms with Crippen molar-refractivity contribution in [2.24, 2.45) is 11.8 Å². The van der Waals surface area contributed by atoms with Crippen molar-refractivity contribution in [3.05, 3.63) is 16.4 Å². The van der Waals surface area contributed by atoms with E-state index in [1.165, 1.54) is 6.33 Å². The lowest BCUT2D eigenvalue weighted by Gasteiger charge is -2.30. The van der Waals surface area contributed by atoms with Crippen molar-refractivity contribution in [3.63, 3.8) is 0 Å². The lowest BCUT2D eigenvalue weighted by molar-refractivity contribution is -0.383. The Kier molecular flexibility index (Phi) is 6.30. The zero-order chi connectivity index (χ0) is 17.7. The first kappa shape index (κ1) is 18.4. The smallest absolute Gasteiger partial charge is 0.353 e. The minimum atomic E-state index is -0.353. The summed E-state index contributed by atoms with van der Waals surface area (Å²) in [6.07, 6.45) is 1.43. The largest absolute Gasteiger partial charge is 0.378 e. The number of rotatable bonds is 7. The fourth-order valence-corrected chi connectivity index (χ4v) is 2.89. The van der Waals surface area contributed by atoms with Crippen LogP contribution in [0.25, 0.3) is 0 Å². The summed E-state index contributed by atoms with van der Waals surface area (Å²) in [5.41, 5.74) is 0.000648. The van der Waals surface area contributed by atoms with Gasteiger partial charge in [0.25, 0.3) is 0 Å². The standard InChI is InChI=1S/C16H27N5O3/c1-12(2)9-20(10-13(3)4)16-14(21(22)23)15(17-11-18-16)19-5-7-24-8-6-19/h11-13H,5-10H2,1-4H3. The maximum Gasteiger partial charge on any atom is 0.353 e. The molecule has 8 nitrogen and oxygen atoms in total. The van der Waals surface area contributed by atoms with E-state index >= 15 is 0 Å². The third-order valence-corrected chi connectivity index (χ3v) is 3.75. The summed E-state index contributed by atoms with van der Waals surface area (Å²) in [7, 11) is 0. The molecule has 0 radical (unpaired) electrons. The van der Waals surface area contributed by atoms with Gasteiger partial charge in [0.15, 0.2) is 0 Å². The molecule has 1 aromatic rings. The van der Waals surface area contributed by atoms with Gasteiger partial charge in [-0.05, 0) is 11.8 Å². The van der Waals surface area contributed by atoms with E-state index in [1.54, 1.807) is 0 Å². The van der Waals surface area contributed by atoms with Gasteiger partial charge in [0.05, 0.1) is 18.1 Å². The van der Waals surface area contributed by atoms with Crippen LogP contribution in [0.15, 0.2) is 6.33 Å². The average Bonchev–Trinajstić information content (AvgIpc) is 2.53. The molecule has 0 amide bonds. The number of nitro groups is 1. The third kappa shape index (κ3) is 4.53. The third-order valence-electron chi connectivity index (χ3n) is 3.75. The Morgan fingerprint density at radius 3 is 2.29 bits per heavy atom. The predicted octanol–water partition coefficient (Wildman–Crippen LogP) is 2.34. The molecule has 1 aliphatic heterocycles. The first-order chi connectivity index (χ1) is 11.4. The molecule has 0 N–H and O–H groups in total. The molecule has 8 heteroatoms. The van der Waals surface area contributed by atoms with Gasteiger partial charge in [-0.3, -0.25) is 10.1 Å². The van der Waals surface area contributed by atoms with E-state index in [0.29, 0.717) is 49.8 Å². The van der Waals surface area contributed by atoms with Gasteiger partial charge in [0.2, 0.25) is 11.6 Å². The summed E-state index contributed by atoms with van der Waals surface area (Å²) in [5, 5.41) is 11.8. The maximum absolute atomic E-state index is 11.8. The van der Waals surface area contributed by atoms with E-state index < -0.39 is 0 Å². The number of anilines is 2. The first-order valence-corrected chi connectivity index (χ1v) is 8.47. The number of morpholine rings is 1. The summed E-state index contributed by atoms with van der Waals surface area (Å²) in [4.78, 5) is 23.9. The van der Waals surface area contributed by atoms with Crippen LogP contribution in [-0.4, -0.2) is 54.3 Å². The van der Waals surface area contributed by atoms with Crippen LogP contribution in [0.3, 0.4) is 0 Å². The number of nitrogens with zero attached hydrogens (tertiary/aromatic N) is 5. The Labute approximate surface area is 143 Å². The van der Waals surface area contributed by atoms with Crippen molar-refractivity contribution in [1.82, 2.24) is 9.97 Å². The SMILES string of the molecule is CC(C)CN(CC(C)C)c1ncnc(N2CCOCC2)c1[N+](=O)[O-]. The van der Waals surface area contributed by atoms with Crippen molar-refractivity contribution in [1.29, 1.82) is 0 Å². The Balaban J connectivity index is 2.44. The van der Waals surface area contributed by atoms with Gasteiger partial charge >= 0.3 is 5.69 Å². The highest BCUT2D eigenvalue weighted by Crippen LogP contribution is 2.35. The van der Waals surface area contributed by atoms with Crippen LogP contribution >= 0.6 is 0 Å². The Bertz CT molecular complexity index is 549. The molecule has 1 aliphatic rings. The molecule has 0 aromatic carbocycles. The second kappa shape index (κ2) is 8.23. The molecular formula is C16H27N5O3. The quantitative estimate of drug-likeness (QED) is 0.557. The molecule has 134 valence electrons. The Hall–Kier alpha value is -1.96. The van der Waals surface area contributed by atoms with Crippen LogP contribution in [0.5, 0.6) is 0 Å². The van der Waals surface area contributed by atoms with Gasteiger partial charge in [-0.2, -0.15) is 0 Å². The molecule has 0 spiro atoms. The van der Waals surface area contributed by atoms with Crippen LogP contribution < -0.4 is 9.80 Å². The topological polar surface area (TPSA) is 84.6 Å². The number of aromatic nitrogens is 2. The highest BCUT2D eigenvalue weighted by molar-refractivity contribution is 5.71. The summed E-state index contributed by atoms with van der Waals surface area (Å²) < 4.78 is 5.34. The van der Waals surface area contributed by atoms with Crippen molar-refractivity contribution in [2.45, 2.75) is 27.7 Å². The van der Waals surface area contributed by atoms with Crippen LogP contribution in [0.4, 0.5) is 17.3 Å². The molecule has 0 saturated carbocycles. The van der Waals surface area contributed by atoms with Crippen LogP contribution in [0.2, 0.25) is 0 Å². The normalized spacial score (nSPS) is 15.2. The van der Waals surface area contributed by atoms with Crippen molar-refractivity contribution < 1.29 is 9.66 Å². The van der Waals surface area contributed by atoms with Crippen molar-refractivity contribution in [3.8, 4) is 0 Å². The van der Waals surface area contributed by atoms with Crippen LogP contribution in [0.1, 0.15) is 27.7 Å². The van der Waals surface area contributed by atoms with Gasteiger partial charge in [-0.15, -0.1) is 0 Å². The second-order valence-electron chi connectivity index (χ2n) is 6.92. The van der Waals surface area contributed by atoms with Gasteiger partial charge in [-0.1, -0.05) is 27.7 Å². The van der Waals surface area contributed by atoms with Gasteiger partial charge in [0.1, 0.15) is 6.33 Å². The minimum absolute atomic E-state index is 0.000648. The Morgan fingerprint density at radius 1 is 1.21 bits per heavy atom. The summed E-state index contributed by atoms with van der Waals surface area (Å²) in [6, 6.07) is 0. The van der Waals surface area contributed by atoms with E-state index in [1.807, 2.05) is 9.80 Å². The zero-order valence-electron chi connectivity index (χ0n) is 14.9. The fourth-order valence-electron chi connectivity index (χ4n) is 2.89. The second-order valence-corrected chi connectivity index (χ2v) is 6.92. The molecule has 1 saturated heterocycles. The lowest BCUT2D eigenvalue weighted by Crippen LogP contribution is -2.38. The van der Waals surface area contributed by atoms with E-state index in [9.17, 15) is 10.1 Å². The lowest BCUT2D eigenvalue weighted by atomic mass is 10.1. The molecule has 1 aromatic heterocycles. The minimum Gasteiger partial charge on any atom is -0.378 e. The molecule has 2 rings (SSSR count). The fraction of sp³-hybridized carbons (Fsp3) is 0.750. The molecule has 0 unspecified atom stereocenters. The van der Waals surface area contributed by atoms with E-state index in [4.69, 9.17) is 4.74 Å². The van der Waals surface area contributed by atoms with Gasteiger partial charge in [0, 0.05) is 26.2 Å². The number of hydrogen-bond donors (Lipinski definition) is 0. The maximum atomic E-state index is 11.8. The average molecular weight is 337 g/mol. The first-order valence-electron chi connectivity index (χ1n) is 8.47. The van der Waals surface area contributed by atoms with Gasteiger partial charge in [-0.25, -0.2) is 9.97 Å². The highest BCUT2D eigenvalue weighted by Gasteiger charge is 2.31. The summed E-state index contributed by atoms with van der Waals surface area (Å²) >= 11 is 0. The Morgan fingerprint density at radius 2 is 1.79 bits per heavy atom. The highest BCUT2D eigenvalue weighted by atomic mass is 16.6. The molecule has 2 heterocycles. The van der Waals surface area contributed by atoms with Crippen LogP contribution in [-0.2, 0) is 4.74 Å². The molecule has 1 fully saturated rings. The van der Waals surface area contributed by atoms with Crippen LogP contribution in [0, 0.1) is 22.0 Å². The summed E-state index contributed by atoms with van der Waals surface area (Å²) in [6.45, 7) is 12.2. The zero-order valence-corrected chi connectivity index (χ0v) is 14.9. The molecule has 24 heavy (non-hydrogen) atoms. The molecular weight excluding hydrogens is 310 g/mol. The molecule has 0 atom stereocenters. The van der Waals surface area contributed by atoms with Crippen molar-refractivity contribution >= 4 is 17.3 Å².